The molecule has 5 nitrogen and oxygen atoms in total. The van der Waals surface area contributed by atoms with Crippen molar-refractivity contribution in [2.24, 2.45) is 0 Å². The SMILES string of the molecule is Cc1ccccc1Nc1nc(CSc2nnc3n2CCCCC3)cs1. The summed E-state index contributed by atoms with van der Waals surface area (Å²) in [5.74, 6) is 1.96. The fourth-order valence-electron chi connectivity index (χ4n) is 2.96. The molecule has 0 saturated carbocycles. The molecule has 0 spiro atoms. The molecule has 130 valence electrons. The summed E-state index contributed by atoms with van der Waals surface area (Å²) in [5, 5.41) is 16.2. The largest absolute Gasteiger partial charge is 0.331 e. The Labute approximate surface area is 155 Å². The number of thioether (sulfide) groups is 1. The van der Waals surface area contributed by atoms with Gasteiger partial charge in [0, 0.05) is 29.8 Å². The number of hydrogen-bond donors (Lipinski definition) is 1. The summed E-state index contributed by atoms with van der Waals surface area (Å²) in [7, 11) is 0. The molecule has 1 N–H and O–H groups in total. The smallest absolute Gasteiger partial charge is 0.191 e. The highest BCUT2D eigenvalue weighted by Crippen LogP contribution is 2.28. The highest BCUT2D eigenvalue weighted by molar-refractivity contribution is 7.98. The minimum atomic E-state index is 0.823. The van der Waals surface area contributed by atoms with Crippen molar-refractivity contribution >= 4 is 33.9 Å². The quantitative estimate of drug-likeness (QED) is 0.653. The normalized spacial score (nSPS) is 14.1. The van der Waals surface area contributed by atoms with Gasteiger partial charge in [0.25, 0.3) is 0 Å². The van der Waals surface area contributed by atoms with Crippen molar-refractivity contribution < 1.29 is 0 Å². The number of benzene rings is 1. The van der Waals surface area contributed by atoms with Gasteiger partial charge in [-0.05, 0) is 31.4 Å². The molecule has 0 unspecified atom stereocenters. The van der Waals surface area contributed by atoms with Crippen LogP contribution in [0, 0.1) is 6.92 Å². The molecule has 0 amide bonds. The van der Waals surface area contributed by atoms with Crippen LogP contribution in [-0.2, 0) is 18.7 Å². The number of hydrogen-bond acceptors (Lipinski definition) is 6. The summed E-state index contributed by atoms with van der Waals surface area (Å²) in [6.45, 7) is 3.14. The molecule has 1 aromatic carbocycles. The molecule has 7 heteroatoms. The lowest BCUT2D eigenvalue weighted by Gasteiger charge is -2.06. The van der Waals surface area contributed by atoms with Gasteiger partial charge in [0.2, 0.25) is 0 Å². The first-order valence-corrected chi connectivity index (χ1v) is 10.5. The predicted molar refractivity (Wildman–Crippen MR) is 104 cm³/mol. The van der Waals surface area contributed by atoms with Crippen LogP contribution in [0.1, 0.15) is 36.3 Å². The van der Waals surface area contributed by atoms with Crippen molar-refractivity contribution in [3.8, 4) is 0 Å². The fourth-order valence-corrected chi connectivity index (χ4v) is 4.67. The van der Waals surface area contributed by atoms with Crippen molar-refractivity contribution in [2.75, 3.05) is 5.32 Å². The second-order valence-corrected chi connectivity index (χ2v) is 8.03. The zero-order chi connectivity index (χ0) is 17.1. The number of rotatable bonds is 5. The number of aryl methyl sites for hydroxylation is 2. The Morgan fingerprint density at radius 2 is 2.12 bits per heavy atom. The van der Waals surface area contributed by atoms with Crippen molar-refractivity contribution in [3.63, 3.8) is 0 Å². The molecule has 1 aliphatic heterocycles. The average Bonchev–Trinajstić information content (AvgIpc) is 3.15. The average molecular weight is 372 g/mol. The lowest BCUT2D eigenvalue weighted by molar-refractivity contribution is 0.591. The van der Waals surface area contributed by atoms with E-state index in [1.165, 1.54) is 24.8 Å². The minimum absolute atomic E-state index is 0.823. The first kappa shape index (κ1) is 16.6. The molecule has 4 rings (SSSR count). The van der Waals surface area contributed by atoms with E-state index < -0.39 is 0 Å². The number of thiazole rings is 1. The Hall–Kier alpha value is -1.86. The highest BCUT2D eigenvalue weighted by atomic mass is 32.2. The monoisotopic (exact) mass is 371 g/mol. The fraction of sp³-hybridized carbons (Fsp3) is 0.389. The summed E-state index contributed by atoms with van der Waals surface area (Å²) in [5.41, 5.74) is 3.41. The summed E-state index contributed by atoms with van der Waals surface area (Å²) >= 11 is 3.38. The Balaban J connectivity index is 1.40. The van der Waals surface area contributed by atoms with E-state index in [2.05, 4.69) is 44.5 Å². The second-order valence-electron chi connectivity index (χ2n) is 6.23. The van der Waals surface area contributed by atoms with Crippen LogP contribution in [0.25, 0.3) is 0 Å². The molecular formula is C18H21N5S2. The Kier molecular flexibility index (Phi) is 5.03. The molecule has 0 atom stereocenters. The van der Waals surface area contributed by atoms with Gasteiger partial charge in [-0.2, -0.15) is 0 Å². The zero-order valence-corrected chi connectivity index (χ0v) is 15.9. The number of nitrogens with zero attached hydrogens (tertiary/aromatic N) is 4. The standard InChI is InChI=1S/C18H21N5S2/c1-13-7-4-5-8-15(13)20-17-19-14(11-24-17)12-25-18-22-21-16-9-3-2-6-10-23(16)18/h4-5,7-8,11H,2-3,6,9-10,12H2,1H3,(H,19,20). The maximum absolute atomic E-state index is 4.71. The van der Waals surface area contributed by atoms with Crippen molar-refractivity contribution in [1.82, 2.24) is 19.7 Å². The lowest BCUT2D eigenvalue weighted by Crippen LogP contribution is -2.02. The minimum Gasteiger partial charge on any atom is -0.331 e. The molecule has 0 fully saturated rings. The zero-order valence-electron chi connectivity index (χ0n) is 14.2. The summed E-state index contributed by atoms with van der Waals surface area (Å²) < 4.78 is 2.29. The van der Waals surface area contributed by atoms with E-state index in [0.29, 0.717) is 0 Å². The molecule has 25 heavy (non-hydrogen) atoms. The summed E-state index contributed by atoms with van der Waals surface area (Å²) in [4.78, 5) is 4.71. The summed E-state index contributed by atoms with van der Waals surface area (Å²) in [6, 6.07) is 8.27. The van der Waals surface area contributed by atoms with Crippen molar-refractivity contribution in [1.29, 1.82) is 0 Å². The van der Waals surface area contributed by atoms with Gasteiger partial charge in [-0.3, -0.25) is 0 Å². The molecule has 1 aliphatic rings. The van der Waals surface area contributed by atoms with E-state index in [1.54, 1.807) is 23.1 Å². The van der Waals surface area contributed by atoms with Gasteiger partial charge in [-0.1, -0.05) is 36.4 Å². The van der Waals surface area contributed by atoms with Gasteiger partial charge in [-0.25, -0.2) is 4.98 Å². The Bertz CT molecular complexity index is 855. The Morgan fingerprint density at radius 3 is 3.04 bits per heavy atom. The third kappa shape index (κ3) is 3.88. The number of para-hydroxylation sites is 1. The van der Waals surface area contributed by atoms with E-state index in [1.807, 2.05) is 12.1 Å². The predicted octanol–water partition coefficient (Wildman–Crippen LogP) is 4.81. The lowest BCUT2D eigenvalue weighted by atomic mass is 10.2. The van der Waals surface area contributed by atoms with Crippen LogP contribution in [0.5, 0.6) is 0 Å². The summed E-state index contributed by atoms with van der Waals surface area (Å²) in [6.07, 6.45) is 4.78. The third-order valence-corrected chi connectivity index (χ3v) is 6.17. The first-order valence-electron chi connectivity index (χ1n) is 8.61. The first-order chi connectivity index (χ1) is 12.3. The van der Waals surface area contributed by atoms with Gasteiger partial charge in [0.15, 0.2) is 10.3 Å². The second kappa shape index (κ2) is 7.58. The molecule has 0 saturated heterocycles. The highest BCUT2D eigenvalue weighted by Gasteiger charge is 2.15. The third-order valence-electron chi connectivity index (χ3n) is 4.36. The molecule has 3 heterocycles. The van der Waals surface area contributed by atoms with E-state index in [-0.39, 0.29) is 0 Å². The molecule has 2 aromatic heterocycles. The van der Waals surface area contributed by atoms with Gasteiger partial charge < -0.3 is 9.88 Å². The molecule has 0 aliphatic carbocycles. The van der Waals surface area contributed by atoms with Crippen LogP contribution in [-0.4, -0.2) is 19.7 Å². The van der Waals surface area contributed by atoms with E-state index in [0.717, 1.165) is 46.2 Å². The van der Waals surface area contributed by atoms with Crippen molar-refractivity contribution in [3.05, 3.63) is 46.7 Å². The van der Waals surface area contributed by atoms with Gasteiger partial charge in [0.1, 0.15) is 5.82 Å². The van der Waals surface area contributed by atoms with E-state index in [4.69, 9.17) is 4.98 Å². The number of fused-ring (bicyclic) bond motifs is 1. The van der Waals surface area contributed by atoms with Gasteiger partial charge in [-0.15, -0.1) is 21.5 Å². The van der Waals surface area contributed by atoms with E-state index >= 15 is 0 Å². The molecular weight excluding hydrogens is 350 g/mol. The van der Waals surface area contributed by atoms with Crippen LogP contribution in [0.3, 0.4) is 0 Å². The maximum Gasteiger partial charge on any atom is 0.191 e. The topological polar surface area (TPSA) is 55.6 Å². The van der Waals surface area contributed by atoms with Crippen LogP contribution in [0.2, 0.25) is 0 Å². The van der Waals surface area contributed by atoms with Gasteiger partial charge >= 0.3 is 0 Å². The van der Waals surface area contributed by atoms with Crippen LogP contribution in [0.15, 0.2) is 34.8 Å². The Morgan fingerprint density at radius 1 is 1.20 bits per heavy atom. The molecule has 0 radical (unpaired) electrons. The number of nitrogens with one attached hydrogen (secondary N) is 1. The van der Waals surface area contributed by atoms with Gasteiger partial charge in [0.05, 0.1) is 5.69 Å². The van der Waals surface area contributed by atoms with E-state index in [9.17, 15) is 0 Å². The van der Waals surface area contributed by atoms with Crippen LogP contribution < -0.4 is 5.32 Å². The van der Waals surface area contributed by atoms with Crippen molar-refractivity contribution in [2.45, 2.75) is 50.1 Å². The maximum atomic E-state index is 4.71. The molecule has 0 bridgehead atoms. The van der Waals surface area contributed by atoms with Crippen LogP contribution in [0.4, 0.5) is 10.8 Å². The number of anilines is 2. The van der Waals surface area contributed by atoms with Crippen LogP contribution >= 0.6 is 23.1 Å². The molecule has 3 aromatic rings. The number of aromatic nitrogens is 4.